The van der Waals surface area contributed by atoms with Crippen molar-refractivity contribution in [3.05, 3.63) is 29.3 Å². The van der Waals surface area contributed by atoms with E-state index in [1.165, 1.54) is 7.11 Å². The van der Waals surface area contributed by atoms with Crippen LogP contribution < -0.4 is 5.46 Å². The lowest BCUT2D eigenvalue weighted by molar-refractivity contribution is 0.00578. The van der Waals surface area contributed by atoms with Crippen molar-refractivity contribution < 1.29 is 23.9 Å². The molecule has 1 aromatic rings. The van der Waals surface area contributed by atoms with Crippen molar-refractivity contribution in [1.82, 2.24) is 0 Å². The molecule has 1 aliphatic heterocycles. The van der Waals surface area contributed by atoms with Gasteiger partial charge in [-0.05, 0) is 50.9 Å². The molecule has 0 amide bonds. The minimum absolute atomic E-state index is 0.152. The molecule has 1 aromatic carbocycles. The number of methoxy groups -OCH3 is 1. The maximum absolute atomic E-state index is 11.7. The summed E-state index contributed by atoms with van der Waals surface area (Å²) in [5.41, 5.74) is 0.761. The molecule has 0 atom stereocenters. The maximum Gasteiger partial charge on any atom is 0.495 e. The van der Waals surface area contributed by atoms with E-state index in [2.05, 4.69) is 0 Å². The standard InChI is InChI=1S/C15H21BO5/c1-14(2)15(3,4)21-16(20-14)12-8-10(13(18)19-5)6-7-11(12)9-17/h6-8,17H,9H2,1-5H3. The lowest BCUT2D eigenvalue weighted by atomic mass is 9.75. The predicted octanol–water partition coefficient (Wildman–Crippen LogP) is 1.26. The number of aliphatic hydroxyl groups excluding tert-OH is 1. The summed E-state index contributed by atoms with van der Waals surface area (Å²) in [6.07, 6.45) is 0. The summed E-state index contributed by atoms with van der Waals surface area (Å²) in [4.78, 5) is 11.7. The van der Waals surface area contributed by atoms with E-state index < -0.39 is 24.3 Å². The predicted molar refractivity (Wildman–Crippen MR) is 79.4 cm³/mol. The highest BCUT2D eigenvalue weighted by molar-refractivity contribution is 6.62. The van der Waals surface area contributed by atoms with Crippen LogP contribution in [0.1, 0.15) is 43.6 Å². The zero-order chi connectivity index (χ0) is 15.8. The van der Waals surface area contributed by atoms with Gasteiger partial charge in [-0.2, -0.15) is 0 Å². The number of rotatable bonds is 3. The van der Waals surface area contributed by atoms with Crippen LogP contribution >= 0.6 is 0 Å². The molecule has 1 N–H and O–H groups in total. The molecule has 2 rings (SSSR count). The van der Waals surface area contributed by atoms with Gasteiger partial charge in [-0.25, -0.2) is 4.79 Å². The molecule has 5 nitrogen and oxygen atoms in total. The Morgan fingerprint density at radius 1 is 1.24 bits per heavy atom. The Morgan fingerprint density at radius 2 is 1.81 bits per heavy atom. The zero-order valence-electron chi connectivity index (χ0n) is 13.1. The van der Waals surface area contributed by atoms with Crippen LogP contribution in [0.4, 0.5) is 0 Å². The van der Waals surface area contributed by atoms with Crippen LogP contribution in [0.25, 0.3) is 0 Å². The van der Waals surface area contributed by atoms with Crippen LogP contribution in [0.15, 0.2) is 18.2 Å². The molecular weight excluding hydrogens is 271 g/mol. The van der Waals surface area contributed by atoms with Crippen molar-refractivity contribution in [2.24, 2.45) is 0 Å². The highest BCUT2D eigenvalue weighted by atomic mass is 16.7. The van der Waals surface area contributed by atoms with Gasteiger partial charge in [-0.15, -0.1) is 0 Å². The zero-order valence-corrected chi connectivity index (χ0v) is 13.1. The van der Waals surface area contributed by atoms with E-state index >= 15 is 0 Å². The second-order valence-electron chi connectivity index (χ2n) is 6.15. The van der Waals surface area contributed by atoms with Crippen LogP contribution in [0.2, 0.25) is 0 Å². The fourth-order valence-electron chi connectivity index (χ4n) is 2.17. The Labute approximate surface area is 125 Å². The molecular formula is C15H21BO5. The topological polar surface area (TPSA) is 65.0 Å². The molecule has 1 saturated heterocycles. The Hall–Kier alpha value is -1.37. The summed E-state index contributed by atoms with van der Waals surface area (Å²) in [6.45, 7) is 7.66. The monoisotopic (exact) mass is 292 g/mol. The molecule has 1 heterocycles. The molecule has 21 heavy (non-hydrogen) atoms. The summed E-state index contributed by atoms with van der Waals surface area (Å²) in [6, 6.07) is 4.96. The second-order valence-corrected chi connectivity index (χ2v) is 6.15. The highest BCUT2D eigenvalue weighted by Gasteiger charge is 2.52. The van der Waals surface area contributed by atoms with Gasteiger partial charge >= 0.3 is 13.1 Å². The Morgan fingerprint density at radius 3 is 2.29 bits per heavy atom. The molecule has 0 aromatic heterocycles. The molecule has 1 aliphatic rings. The van der Waals surface area contributed by atoms with E-state index in [4.69, 9.17) is 14.0 Å². The SMILES string of the molecule is COC(=O)c1ccc(CO)c(B2OC(C)(C)C(C)(C)O2)c1. The molecule has 1 fully saturated rings. The Balaban J connectivity index is 2.41. The van der Waals surface area contributed by atoms with Gasteiger partial charge in [-0.3, -0.25) is 0 Å². The largest absolute Gasteiger partial charge is 0.495 e. The van der Waals surface area contributed by atoms with Crippen molar-refractivity contribution in [1.29, 1.82) is 0 Å². The van der Waals surface area contributed by atoms with Crippen LogP contribution in [0, 0.1) is 0 Å². The van der Waals surface area contributed by atoms with Gasteiger partial charge in [0.25, 0.3) is 0 Å². The third-order valence-electron chi connectivity index (χ3n) is 4.24. The smallest absolute Gasteiger partial charge is 0.465 e. The first-order valence-electron chi connectivity index (χ1n) is 6.89. The average molecular weight is 292 g/mol. The normalized spacial score (nSPS) is 19.6. The Bertz CT molecular complexity index is 537. The van der Waals surface area contributed by atoms with Gasteiger partial charge in [0.2, 0.25) is 0 Å². The van der Waals surface area contributed by atoms with Crippen molar-refractivity contribution in [3.63, 3.8) is 0 Å². The van der Waals surface area contributed by atoms with E-state index in [1.54, 1.807) is 18.2 Å². The number of carbonyl (C=O) groups excluding carboxylic acids is 1. The quantitative estimate of drug-likeness (QED) is 0.671. The maximum atomic E-state index is 11.7. The van der Waals surface area contributed by atoms with E-state index in [0.29, 0.717) is 16.6 Å². The van der Waals surface area contributed by atoms with E-state index in [1.807, 2.05) is 27.7 Å². The minimum Gasteiger partial charge on any atom is -0.465 e. The first kappa shape index (κ1) is 16.0. The number of benzene rings is 1. The molecule has 6 heteroatoms. The summed E-state index contributed by atoms with van der Waals surface area (Å²) in [5.74, 6) is -0.433. The van der Waals surface area contributed by atoms with Gasteiger partial charge in [0, 0.05) is 0 Å². The first-order chi connectivity index (χ1) is 9.71. The number of carbonyl (C=O) groups is 1. The summed E-state index contributed by atoms with van der Waals surface area (Å²) < 4.78 is 16.7. The molecule has 0 saturated carbocycles. The van der Waals surface area contributed by atoms with Crippen molar-refractivity contribution in [2.75, 3.05) is 7.11 Å². The molecule has 0 unspecified atom stereocenters. The van der Waals surface area contributed by atoms with E-state index in [-0.39, 0.29) is 6.61 Å². The summed E-state index contributed by atoms with van der Waals surface area (Å²) in [5, 5.41) is 9.50. The molecule has 0 aliphatic carbocycles. The third-order valence-corrected chi connectivity index (χ3v) is 4.24. The second kappa shape index (κ2) is 5.44. The lowest BCUT2D eigenvalue weighted by Gasteiger charge is -2.32. The van der Waals surface area contributed by atoms with Crippen molar-refractivity contribution in [3.8, 4) is 0 Å². The van der Waals surface area contributed by atoms with Crippen molar-refractivity contribution >= 4 is 18.6 Å². The van der Waals surface area contributed by atoms with Crippen LogP contribution in [-0.4, -0.2) is 36.5 Å². The van der Waals surface area contributed by atoms with Gasteiger partial charge < -0.3 is 19.2 Å². The van der Waals surface area contributed by atoms with Crippen LogP contribution in [-0.2, 0) is 20.7 Å². The Kier molecular flexibility index (Phi) is 4.15. The van der Waals surface area contributed by atoms with Crippen LogP contribution in [0.5, 0.6) is 0 Å². The number of esters is 1. The summed E-state index contributed by atoms with van der Waals surface area (Å²) in [7, 11) is 0.707. The van der Waals surface area contributed by atoms with E-state index in [9.17, 15) is 9.90 Å². The van der Waals surface area contributed by atoms with Gasteiger partial charge in [-0.1, -0.05) is 6.07 Å². The fourth-order valence-corrected chi connectivity index (χ4v) is 2.17. The van der Waals surface area contributed by atoms with E-state index in [0.717, 1.165) is 0 Å². The average Bonchev–Trinajstić information content (AvgIpc) is 2.65. The van der Waals surface area contributed by atoms with Gasteiger partial charge in [0.15, 0.2) is 0 Å². The summed E-state index contributed by atoms with van der Waals surface area (Å²) >= 11 is 0. The molecule has 0 bridgehead atoms. The lowest BCUT2D eigenvalue weighted by Crippen LogP contribution is -2.41. The fraction of sp³-hybridized carbons (Fsp3) is 0.533. The van der Waals surface area contributed by atoms with Crippen LogP contribution in [0.3, 0.4) is 0 Å². The molecule has 114 valence electrons. The van der Waals surface area contributed by atoms with Gasteiger partial charge in [0.05, 0.1) is 30.5 Å². The van der Waals surface area contributed by atoms with Crippen molar-refractivity contribution in [2.45, 2.75) is 45.5 Å². The van der Waals surface area contributed by atoms with Gasteiger partial charge in [0.1, 0.15) is 0 Å². The number of hydrogen-bond acceptors (Lipinski definition) is 5. The molecule has 0 spiro atoms. The minimum atomic E-state index is -0.623. The number of hydrogen-bond donors (Lipinski definition) is 1. The number of aliphatic hydroxyl groups is 1. The number of ether oxygens (including phenoxy) is 1. The molecule has 0 radical (unpaired) electrons. The highest BCUT2D eigenvalue weighted by Crippen LogP contribution is 2.36. The third kappa shape index (κ3) is 2.84. The first-order valence-corrected chi connectivity index (χ1v) is 6.89.